The molecule has 0 radical (unpaired) electrons. The van der Waals surface area contributed by atoms with Crippen LogP contribution in [0.15, 0.2) is 66.7 Å². The molecule has 0 aliphatic carbocycles. The van der Waals surface area contributed by atoms with Gasteiger partial charge < -0.3 is 15.4 Å². The lowest BCUT2D eigenvalue weighted by atomic mass is 9.97. The first-order valence-electron chi connectivity index (χ1n) is 10.3. The number of hydrogen-bond donors (Lipinski definition) is 2. The van der Waals surface area contributed by atoms with Crippen molar-refractivity contribution in [3.05, 3.63) is 77.3 Å². The van der Waals surface area contributed by atoms with Crippen LogP contribution >= 0.6 is 11.6 Å². The van der Waals surface area contributed by atoms with Gasteiger partial charge in [0.25, 0.3) is 0 Å². The number of morpholine rings is 1. The van der Waals surface area contributed by atoms with Gasteiger partial charge in [-0.3, -0.25) is 14.5 Å². The molecule has 31 heavy (non-hydrogen) atoms. The minimum absolute atomic E-state index is 0.0768. The van der Waals surface area contributed by atoms with Gasteiger partial charge in [-0.05, 0) is 28.5 Å². The maximum atomic E-state index is 12.5. The normalized spacial score (nSPS) is 15.4. The second-order valence-electron chi connectivity index (χ2n) is 7.38. The third-order valence-corrected chi connectivity index (χ3v) is 5.78. The zero-order chi connectivity index (χ0) is 21.6. The van der Waals surface area contributed by atoms with E-state index in [9.17, 15) is 9.59 Å². The van der Waals surface area contributed by atoms with E-state index in [1.54, 1.807) is 24.3 Å². The summed E-state index contributed by atoms with van der Waals surface area (Å²) >= 11 is 6.07. The van der Waals surface area contributed by atoms with Crippen molar-refractivity contribution in [2.75, 3.05) is 38.2 Å². The predicted molar refractivity (Wildman–Crippen MR) is 122 cm³/mol. The maximum Gasteiger partial charge on any atom is 0.313 e. The summed E-state index contributed by atoms with van der Waals surface area (Å²) in [4.78, 5) is 27.2. The van der Waals surface area contributed by atoms with Crippen LogP contribution in [-0.4, -0.2) is 49.6 Å². The van der Waals surface area contributed by atoms with Gasteiger partial charge in [0, 0.05) is 19.6 Å². The summed E-state index contributed by atoms with van der Waals surface area (Å²) in [6, 6.07) is 21.1. The summed E-state index contributed by atoms with van der Waals surface area (Å²) in [5, 5.41) is 8.03. The summed E-state index contributed by atoms with van der Waals surface area (Å²) in [5.74, 6) is -1.44. The number of amides is 2. The summed E-state index contributed by atoms with van der Waals surface area (Å²) in [6.07, 6.45) is 0. The number of anilines is 1. The Morgan fingerprint density at radius 3 is 2.45 bits per heavy atom. The summed E-state index contributed by atoms with van der Waals surface area (Å²) in [6.45, 7) is 3.11. The van der Waals surface area contributed by atoms with Crippen LogP contribution in [0.5, 0.6) is 0 Å². The van der Waals surface area contributed by atoms with Crippen molar-refractivity contribution < 1.29 is 14.3 Å². The van der Waals surface area contributed by atoms with E-state index in [-0.39, 0.29) is 6.04 Å². The lowest BCUT2D eigenvalue weighted by Crippen LogP contribution is -2.45. The second kappa shape index (κ2) is 9.92. The van der Waals surface area contributed by atoms with E-state index >= 15 is 0 Å². The van der Waals surface area contributed by atoms with Gasteiger partial charge in [0.2, 0.25) is 0 Å². The number of hydrogen-bond acceptors (Lipinski definition) is 4. The third kappa shape index (κ3) is 5.05. The van der Waals surface area contributed by atoms with Gasteiger partial charge in [-0.25, -0.2) is 0 Å². The molecule has 4 rings (SSSR count). The Labute approximate surface area is 186 Å². The molecule has 1 aliphatic rings. The van der Waals surface area contributed by atoms with Gasteiger partial charge in [0.1, 0.15) is 0 Å². The van der Waals surface area contributed by atoms with Crippen LogP contribution in [0.4, 0.5) is 5.69 Å². The minimum atomic E-state index is -0.744. The van der Waals surface area contributed by atoms with Crippen molar-refractivity contribution in [2.24, 2.45) is 0 Å². The third-order valence-electron chi connectivity index (χ3n) is 5.45. The maximum absolute atomic E-state index is 12.5. The fourth-order valence-corrected chi connectivity index (χ4v) is 4.06. The molecule has 6 nitrogen and oxygen atoms in total. The van der Waals surface area contributed by atoms with Gasteiger partial charge in [-0.1, -0.05) is 66.2 Å². The minimum Gasteiger partial charge on any atom is -0.379 e. The number of nitrogens with zero attached hydrogens (tertiary/aromatic N) is 1. The molecule has 1 heterocycles. The Hall–Kier alpha value is -2.93. The fraction of sp³-hybridized carbons (Fsp3) is 0.250. The topological polar surface area (TPSA) is 70.7 Å². The van der Waals surface area contributed by atoms with Crippen molar-refractivity contribution in [1.82, 2.24) is 10.2 Å². The molecule has 1 aliphatic heterocycles. The number of halogens is 1. The number of ether oxygens (including phenoxy) is 1. The van der Waals surface area contributed by atoms with E-state index in [4.69, 9.17) is 16.3 Å². The molecule has 1 atom stereocenters. The number of fused-ring (bicyclic) bond motifs is 1. The van der Waals surface area contributed by atoms with Crippen LogP contribution in [0.2, 0.25) is 5.02 Å². The molecule has 160 valence electrons. The Kier molecular flexibility index (Phi) is 6.82. The number of rotatable bonds is 5. The second-order valence-corrected chi connectivity index (χ2v) is 7.78. The van der Waals surface area contributed by atoms with Crippen molar-refractivity contribution in [1.29, 1.82) is 0 Å². The largest absolute Gasteiger partial charge is 0.379 e. The highest BCUT2D eigenvalue weighted by Crippen LogP contribution is 2.28. The first-order chi connectivity index (χ1) is 15.1. The van der Waals surface area contributed by atoms with Gasteiger partial charge >= 0.3 is 11.8 Å². The fourth-order valence-electron chi connectivity index (χ4n) is 3.88. The van der Waals surface area contributed by atoms with Crippen LogP contribution in [0.25, 0.3) is 10.8 Å². The van der Waals surface area contributed by atoms with Gasteiger partial charge in [-0.2, -0.15) is 0 Å². The smallest absolute Gasteiger partial charge is 0.313 e. The van der Waals surface area contributed by atoms with Crippen LogP contribution in [0.1, 0.15) is 11.6 Å². The molecule has 2 N–H and O–H groups in total. The molecular weight excluding hydrogens is 414 g/mol. The molecule has 0 aromatic heterocycles. The molecule has 2 amide bonds. The number of nitrogens with one attached hydrogen (secondary N) is 2. The van der Waals surface area contributed by atoms with Gasteiger partial charge in [0.05, 0.1) is 30.0 Å². The monoisotopic (exact) mass is 437 g/mol. The van der Waals surface area contributed by atoms with Gasteiger partial charge in [0.15, 0.2) is 0 Å². The summed E-state index contributed by atoms with van der Waals surface area (Å²) in [5.41, 5.74) is 1.52. The average Bonchev–Trinajstić information content (AvgIpc) is 2.81. The molecule has 3 aromatic rings. The van der Waals surface area contributed by atoms with E-state index in [2.05, 4.69) is 39.8 Å². The molecule has 0 spiro atoms. The highest BCUT2D eigenvalue weighted by molar-refractivity contribution is 6.41. The van der Waals surface area contributed by atoms with Crippen LogP contribution in [0.3, 0.4) is 0 Å². The number of carbonyl (C=O) groups excluding carboxylic acids is 2. The molecule has 7 heteroatoms. The first-order valence-corrected chi connectivity index (χ1v) is 10.6. The van der Waals surface area contributed by atoms with Crippen LogP contribution in [0, 0.1) is 0 Å². The van der Waals surface area contributed by atoms with Crippen LogP contribution < -0.4 is 10.6 Å². The molecule has 0 saturated carbocycles. The molecule has 3 aromatic carbocycles. The predicted octanol–water partition coefficient (Wildman–Crippen LogP) is 3.62. The van der Waals surface area contributed by atoms with Gasteiger partial charge in [-0.15, -0.1) is 0 Å². The zero-order valence-electron chi connectivity index (χ0n) is 17.0. The molecule has 0 bridgehead atoms. The zero-order valence-corrected chi connectivity index (χ0v) is 17.8. The summed E-state index contributed by atoms with van der Waals surface area (Å²) in [7, 11) is 0. The van der Waals surface area contributed by atoms with E-state index in [0.29, 0.717) is 30.5 Å². The molecule has 1 fully saturated rings. The SMILES string of the molecule is O=C(NCC(c1cccc2ccccc12)N1CCOCC1)C(=O)Nc1ccccc1Cl. The Bertz CT molecular complexity index is 1080. The Balaban J connectivity index is 1.52. The highest BCUT2D eigenvalue weighted by Gasteiger charge is 2.26. The van der Waals surface area contributed by atoms with Crippen LogP contribution in [-0.2, 0) is 14.3 Å². The quantitative estimate of drug-likeness (QED) is 0.598. The van der Waals surface area contributed by atoms with Crippen molar-refractivity contribution in [3.63, 3.8) is 0 Å². The number of carbonyl (C=O) groups is 2. The van der Waals surface area contributed by atoms with Crippen molar-refractivity contribution >= 4 is 39.9 Å². The standard InChI is InChI=1S/C24H24ClN3O3/c25-20-10-3-4-11-21(20)27-24(30)23(29)26-16-22(28-12-14-31-15-13-28)19-9-5-7-17-6-1-2-8-18(17)19/h1-11,22H,12-16H2,(H,26,29)(H,27,30). The van der Waals surface area contributed by atoms with E-state index < -0.39 is 11.8 Å². The first kappa shape index (κ1) is 21.3. The molecule has 1 unspecified atom stereocenters. The number of benzene rings is 3. The Morgan fingerprint density at radius 2 is 1.65 bits per heavy atom. The molecule has 1 saturated heterocycles. The Morgan fingerprint density at radius 1 is 0.935 bits per heavy atom. The molecular formula is C24H24ClN3O3. The lowest BCUT2D eigenvalue weighted by molar-refractivity contribution is -0.136. The average molecular weight is 438 g/mol. The lowest BCUT2D eigenvalue weighted by Gasteiger charge is -2.35. The van der Waals surface area contributed by atoms with Crippen molar-refractivity contribution in [2.45, 2.75) is 6.04 Å². The van der Waals surface area contributed by atoms with E-state index in [0.717, 1.165) is 29.4 Å². The van der Waals surface area contributed by atoms with E-state index in [1.165, 1.54) is 0 Å². The highest BCUT2D eigenvalue weighted by atomic mass is 35.5. The number of para-hydroxylation sites is 1. The summed E-state index contributed by atoms with van der Waals surface area (Å²) < 4.78 is 5.51. The van der Waals surface area contributed by atoms with Crippen molar-refractivity contribution in [3.8, 4) is 0 Å². The van der Waals surface area contributed by atoms with E-state index in [1.807, 2.05) is 18.2 Å².